The summed E-state index contributed by atoms with van der Waals surface area (Å²) in [5.74, 6) is 3.31. The summed E-state index contributed by atoms with van der Waals surface area (Å²) in [6, 6.07) is 9.42. The van der Waals surface area contributed by atoms with Gasteiger partial charge < -0.3 is 14.8 Å². The van der Waals surface area contributed by atoms with E-state index < -0.39 is 0 Å². The molecule has 6 heteroatoms. The van der Waals surface area contributed by atoms with Gasteiger partial charge in [-0.15, -0.1) is 0 Å². The second-order valence-electron chi connectivity index (χ2n) is 7.40. The third-order valence-electron chi connectivity index (χ3n) is 4.92. The zero-order valence-electron chi connectivity index (χ0n) is 15.6. The summed E-state index contributed by atoms with van der Waals surface area (Å²) in [5, 5.41) is 2.86. The van der Waals surface area contributed by atoms with Crippen molar-refractivity contribution in [3.8, 4) is 17.2 Å². The normalized spacial score (nSPS) is 19.2. The molecule has 0 spiro atoms. The molecule has 1 aromatic carbocycles. The summed E-state index contributed by atoms with van der Waals surface area (Å²) in [5.41, 5.74) is 1.17. The fourth-order valence-electron chi connectivity index (χ4n) is 3.59. The third-order valence-corrected chi connectivity index (χ3v) is 4.92. The van der Waals surface area contributed by atoms with Crippen LogP contribution in [-0.4, -0.2) is 42.0 Å². The number of anilines is 1. The number of nitrogens with zero attached hydrogens (tertiary/aromatic N) is 2. The van der Waals surface area contributed by atoms with Gasteiger partial charge in [-0.25, -0.2) is 4.98 Å². The topological polar surface area (TPSA) is 63.7 Å². The molecule has 1 amide bonds. The lowest BCUT2D eigenvalue weighted by Gasteiger charge is -2.22. The highest BCUT2D eigenvalue weighted by Crippen LogP contribution is 2.32. The minimum atomic E-state index is -0.0403. The molecule has 1 atom stereocenters. The van der Waals surface area contributed by atoms with Crippen LogP contribution in [0.3, 0.4) is 0 Å². The molecule has 0 aliphatic carbocycles. The Hall–Kier alpha value is -2.60. The van der Waals surface area contributed by atoms with Gasteiger partial charge in [0.05, 0.1) is 13.2 Å². The van der Waals surface area contributed by atoms with Crippen molar-refractivity contribution in [1.29, 1.82) is 0 Å². The Kier molecular flexibility index (Phi) is 5.25. The van der Waals surface area contributed by atoms with Crippen LogP contribution in [0.15, 0.2) is 36.5 Å². The van der Waals surface area contributed by atoms with Crippen molar-refractivity contribution >= 4 is 11.7 Å². The van der Waals surface area contributed by atoms with Crippen molar-refractivity contribution in [3.63, 3.8) is 0 Å². The summed E-state index contributed by atoms with van der Waals surface area (Å²) in [7, 11) is 0. The number of carbonyl (C=O) groups excluding carboxylic acids is 1. The Morgan fingerprint density at radius 2 is 2.07 bits per heavy atom. The van der Waals surface area contributed by atoms with E-state index in [4.69, 9.17) is 9.47 Å². The van der Waals surface area contributed by atoms with Gasteiger partial charge in [0.25, 0.3) is 0 Å². The second-order valence-corrected chi connectivity index (χ2v) is 7.40. The number of hydrogen-bond donors (Lipinski definition) is 1. The van der Waals surface area contributed by atoms with E-state index in [1.54, 1.807) is 18.3 Å². The summed E-state index contributed by atoms with van der Waals surface area (Å²) in [6.07, 6.45) is 4.96. The van der Waals surface area contributed by atoms with Crippen LogP contribution in [0.5, 0.6) is 17.2 Å². The SMILES string of the molecule is CC1COc2ccc(Oc3ccnc(NC(=O)CN4CCCC4)c3)cc2C1. The van der Waals surface area contributed by atoms with Gasteiger partial charge >= 0.3 is 0 Å². The molecule has 1 unspecified atom stereocenters. The average Bonchev–Trinajstić information content (AvgIpc) is 3.14. The Labute approximate surface area is 159 Å². The Morgan fingerprint density at radius 3 is 2.93 bits per heavy atom. The highest BCUT2D eigenvalue weighted by atomic mass is 16.5. The van der Waals surface area contributed by atoms with Crippen molar-refractivity contribution in [2.24, 2.45) is 5.92 Å². The smallest absolute Gasteiger partial charge is 0.239 e. The average molecular weight is 367 g/mol. The fraction of sp³-hybridized carbons (Fsp3) is 0.429. The van der Waals surface area contributed by atoms with Gasteiger partial charge in [0, 0.05) is 12.3 Å². The monoisotopic (exact) mass is 367 g/mol. The predicted octanol–water partition coefficient (Wildman–Crippen LogP) is 3.48. The van der Waals surface area contributed by atoms with E-state index in [-0.39, 0.29) is 5.91 Å². The first-order chi connectivity index (χ1) is 13.2. The van der Waals surface area contributed by atoms with Crippen LogP contribution >= 0.6 is 0 Å². The first-order valence-electron chi connectivity index (χ1n) is 9.57. The number of carbonyl (C=O) groups is 1. The van der Waals surface area contributed by atoms with Gasteiger partial charge in [-0.2, -0.15) is 0 Å². The minimum Gasteiger partial charge on any atom is -0.493 e. The predicted molar refractivity (Wildman–Crippen MR) is 103 cm³/mol. The number of rotatable bonds is 5. The lowest BCUT2D eigenvalue weighted by molar-refractivity contribution is -0.117. The number of nitrogens with one attached hydrogen (secondary N) is 1. The summed E-state index contributed by atoms with van der Waals surface area (Å²) >= 11 is 0. The number of ether oxygens (including phenoxy) is 2. The van der Waals surface area contributed by atoms with Crippen molar-refractivity contribution < 1.29 is 14.3 Å². The van der Waals surface area contributed by atoms with E-state index in [0.717, 1.165) is 37.6 Å². The number of hydrogen-bond acceptors (Lipinski definition) is 5. The summed E-state index contributed by atoms with van der Waals surface area (Å²) in [6.45, 7) is 5.33. The van der Waals surface area contributed by atoms with E-state index >= 15 is 0 Å². The van der Waals surface area contributed by atoms with Crippen LogP contribution in [0.1, 0.15) is 25.3 Å². The maximum absolute atomic E-state index is 12.2. The zero-order valence-corrected chi connectivity index (χ0v) is 15.6. The molecule has 2 aromatic rings. The molecule has 0 radical (unpaired) electrons. The molecule has 27 heavy (non-hydrogen) atoms. The molecule has 6 nitrogen and oxygen atoms in total. The summed E-state index contributed by atoms with van der Waals surface area (Å²) < 4.78 is 11.7. The Balaban J connectivity index is 1.40. The lowest BCUT2D eigenvalue weighted by Crippen LogP contribution is -2.31. The molecule has 2 aliphatic heterocycles. The lowest BCUT2D eigenvalue weighted by atomic mass is 9.98. The van der Waals surface area contributed by atoms with Crippen LogP contribution < -0.4 is 14.8 Å². The quantitative estimate of drug-likeness (QED) is 0.877. The molecule has 0 bridgehead atoms. The Morgan fingerprint density at radius 1 is 1.26 bits per heavy atom. The van der Waals surface area contributed by atoms with Gasteiger partial charge in [0.2, 0.25) is 5.91 Å². The van der Waals surface area contributed by atoms with Crippen LogP contribution in [0.25, 0.3) is 0 Å². The van der Waals surface area contributed by atoms with Gasteiger partial charge in [0.1, 0.15) is 23.1 Å². The van der Waals surface area contributed by atoms with Gasteiger partial charge in [0.15, 0.2) is 0 Å². The highest BCUT2D eigenvalue weighted by molar-refractivity contribution is 5.91. The molecule has 4 rings (SSSR count). The maximum atomic E-state index is 12.2. The molecular formula is C21H25N3O3. The van der Waals surface area contributed by atoms with Crippen molar-refractivity contribution in [2.45, 2.75) is 26.2 Å². The first kappa shape index (κ1) is 17.8. The van der Waals surface area contributed by atoms with Crippen molar-refractivity contribution in [2.75, 3.05) is 31.6 Å². The molecule has 2 aliphatic rings. The summed E-state index contributed by atoms with van der Waals surface area (Å²) in [4.78, 5) is 18.6. The zero-order chi connectivity index (χ0) is 18.6. The molecule has 3 heterocycles. The van der Waals surface area contributed by atoms with E-state index in [1.165, 1.54) is 18.4 Å². The number of fused-ring (bicyclic) bond motifs is 1. The number of aromatic nitrogens is 1. The van der Waals surface area contributed by atoms with Gasteiger partial charge in [-0.3, -0.25) is 9.69 Å². The van der Waals surface area contributed by atoms with E-state index in [2.05, 4.69) is 22.1 Å². The number of likely N-dealkylation sites (tertiary alicyclic amines) is 1. The third kappa shape index (κ3) is 4.57. The van der Waals surface area contributed by atoms with Crippen molar-refractivity contribution in [3.05, 3.63) is 42.1 Å². The number of pyridine rings is 1. The van der Waals surface area contributed by atoms with Crippen LogP contribution in [0, 0.1) is 5.92 Å². The number of amides is 1. The standard InChI is InChI=1S/C21H25N3O3/c1-15-10-16-11-17(4-5-19(16)26-14-15)27-18-6-7-22-20(12-18)23-21(25)13-24-8-2-3-9-24/h4-7,11-12,15H,2-3,8-10,13-14H2,1H3,(H,22,23,25). The highest BCUT2D eigenvalue weighted by Gasteiger charge is 2.17. The number of benzene rings is 1. The minimum absolute atomic E-state index is 0.0403. The second kappa shape index (κ2) is 7.96. The molecule has 1 saturated heterocycles. The first-order valence-corrected chi connectivity index (χ1v) is 9.57. The van der Waals surface area contributed by atoms with E-state index in [9.17, 15) is 4.79 Å². The van der Waals surface area contributed by atoms with Crippen LogP contribution in [0.4, 0.5) is 5.82 Å². The van der Waals surface area contributed by atoms with Gasteiger partial charge in [-0.1, -0.05) is 6.92 Å². The Bertz CT molecular complexity index is 818. The molecule has 0 saturated carbocycles. The van der Waals surface area contributed by atoms with Crippen LogP contribution in [-0.2, 0) is 11.2 Å². The van der Waals surface area contributed by atoms with Crippen LogP contribution in [0.2, 0.25) is 0 Å². The van der Waals surface area contributed by atoms with E-state index in [1.807, 2.05) is 18.2 Å². The van der Waals surface area contributed by atoms with E-state index in [0.29, 0.717) is 24.0 Å². The molecule has 1 fully saturated rings. The van der Waals surface area contributed by atoms with Crippen molar-refractivity contribution in [1.82, 2.24) is 9.88 Å². The maximum Gasteiger partial charge on any atom is 0.239 e. The largest absolute Gasteiger partial charge is 0.493 e. The van der Waals surface area contributed by atoms with Gasteiger partial charge in [-0.05, 0) is 68.1 Å². The molecule has 142 valence electrons. The molecule has 1 N–H and O–H groups in total. The molecule has 1 aromatic heterocycles. The molecular weight excluding hydrogens is 342 g/mol. The fourth-order valence-corrected chi connectivity index (χ4v) is 3.59.